The third kappa shape index (κ3) is 3.48. The van der Waals surface area contributed by atoms with Gasteiger partial charge in [0.25, 0.3) is 0 Å². The van der Waals surface area contributed by atoms with Gasteiger partial charge >= 0.3 is 6.18 Å². The van der Waals surface area contributed by atoms with Crippen molar-refractivity contribution in [3.8, 4) is 11.5 Å². The van der Waals surface area contributed by atoms with Gasteiger partial charge in [0, 0.05) is 18.3 Å². The summed E-state index contributed by atoms with van der Waals surface area (Å²) in [6.07, 6.45) is -1.30. The van der Waals surface area contributed by atoms with Crippen LogP contribution in [0.4, 0.5) is 13.2 Å². The third-order valence-electron chi connectivity index (χ3n) is 2.63. The minimum Gasteiger partial charge on any atom is -0.455 e. The Morgan fingerprint density at radius 3 is 2.75 bits per heavy atom. The number of nitrogens with zero attached hydrogens (tertiary/aromatic N) is 1. The molecule has 0 aliphatic heterocycles. The number of nitrogens with one attached hydrogen (secondary N) is 1. The van der Waals surface area contributed by atoms with Gasteiger partial charge in [0.2, 0.25) is 0 Å². The van der Waals surface area contributed by atoms with Crippen LogP contribution in [0.3, 0.4) is 0 Å². The Hall–Kier alpha value is -2.08. The number of ether oxygens (including phenoxy) is 1. The van der Waals surface area contributed by atoms with E-state index in [0.29, 0.717) is 12.3 Å². The molecule has 0 unspecified atom stereocenters. The van der Waals surface area contributed by atoms with Crippen LogP contribution in [-0.2, 0) is 12.7 Å². The van der Waals surface area contributed by atoms with E-state index >= 15 is 0 Å². The van der Waals surface area contributed by atoms with Crippen molar-refractivity contribution in [1.29, 1.82) is 0 Å². The molecule has 0 aliphatic carbocycles. The highest BCUT2D eigenvalue weighted by Gasteiger charge is 2.30. The van der Waals surface area contributed by atoms with Crippen LogP contribution in [-0.4, -0.2) is 12.0 Å². The second-order valence-electron chi connectivity index (χ2n) is 4.14. The molecule has 1 heterocycles. The Bertz CT molecular complexity index is 585. The summed E-state index contributed by atoms with van der Waals surface area (Å²) in [6.45, 7) is 0.539. The monoisotopic (exact) mass is 282 g/mol. The Kier molecular flexibility index (Phi) is 4.24. The molecule has 20 heavy (non-hydrogen) atoms. The summed E-state index contributed by atoms with van der Waals surface area (Å²) >= 11 is 0. The smallest absolute Gasteiger partial charge is 0.416 e. The fourth-order valence-corrected chi connectivity index (χ4v) is 1.70. The van der Waals surface area contributed by atoms with Crippen LogP contribution in [0.15, 0.2) is 42.7 Å². The molecule has 0 saturated heterocycles. The van der Waals surface area contributed by atoms with E-state index in [-0.39, 0.29) is 5.75 Å². The van der Waals surface area contributed by atoms with Gasteiger partial charge in [-0.05, 0) is 31.3 Å². The Morgan fingerprint density at radius 1 is 1.25 bits per heavy atom. The molecule has 0 radical (unpaired) electrons. The van der Waals surface area contributed by atoms with Crippen molar-refractivity contribution >= 4 is 0 Å². The second kappa shape index (κ2) is 5.92. The molecular weight excluding hydrogens is 269 g/mol. The summed E-state index contributed by atoms with van der Waals surface area (Å²) in [4.78, 5) is 3.92. The van der Waals surface area contributed by atoms with E-state index in [2.05, 4.69) is 10.3 Å². The van der Waals surface area contributed by atoms with Crippen molar-refractivity contribution < 1.29 is 17.9 Å². The lowest BCUT2D eigenvalue weighted by molar-refractivity contribution is -0.137. The van der Waals surface area contributed by atoms with Crippen LogP contribution in [0.25, 0.3) is 0 Å². The standard InChI is InChI=1S/C14H13F3N2O/c1-18-8-10-5-6-19-9-13(10)20-12-4-2-3-11(7-12)14(15,16)17/h2-7,9,18H,8H2,1H3. The molecule has 1 aromatic carbocycles. The van der Waals surface area contributed by atoms with E-state index in [1.165, 1.54) is 18.3 Å². The lowest BCUT2D eigenvalue weighted by atomic mass is 10.2. The summed E-state index contributed by atoms with van der Waals surface area (Å²) < 4.78 is 43.4. The summed E-state index contributed by atoms with van der Waals surface area (Å²) in [5, 5.41) is 2.96. The normalized spacial score (nSPS) is 11.4. The SMILES string of the molecule is CNCc1ccncc1Oc1cccc(C(F)(F)F)c1. The molecule has 0 amide bonds. The van der Waals surface area contributed by atoms with Crippen molar-refractivity contribution in [2.45, 2.75) is 12.7 Å². The highest BCUT2D eigenvalue weighted by Crippen LogP contribution is 2.33. The predicted octanol–water partition coefficient (Wildman–Crippen LogP) is 3.61. The Morgan fingerprint density at radius 2 is 2.05 bits per heavy atom. The van der Waals surface area contributed by atoms with Crippen LogP contribution >= 0.6 is 0 Å². The second-order valence-corrected chi connectivity index (χ2v) is 4.14. The first-order valence-electron chi connectivity index (χ1n) is 5.93. The Balaban J connectivity index is 2.26. The first-order valence-corrected chi connectivity index (χ1v) is 5.93. The maximum Gasteiger partial charge on any atom is 0.416 e. The number of alkyl halides is 3. The topological polar surface area (TPSA) is 34.2 Å². The molecule has 0 fully saturated rings. The van der Waals surface area contributed by atoms with Crippen LogP contribution in [0.5, 0.6) is 11.5 Å². The zero-order valence-corrected chi connectivity index (χ0v) is 10.7. The predicted molar refractivity (Wildman–Crippen MR) is 68.5 cm³/mol. The maximum atomic E-state index is 12.6. The van der Waals surface area contributed by atoms with Crippen LogP contribution < -0.4 is 10.1 Å². The van der Waals surface area contributed by atoms with E-state index in [1.807, 2.05) is 0 Å². The van der Waals surface area contributed by atoms with E-state index < -0.39 is 11.7 Å². The van der Waals surface area contributed by atoms with Crippen molar-refractivity contribution in [2.24, 2.45) is 0 Å². The van der Waals surface area contributed by atoms with Crippen molar-refractivity contribution in [3.63, 3.8) is 0 Å². The molecule has 0 spiro atoms. The molecular formula is C14H13F3N2O. The van der Waals surface area contributed by atoms with Crippen LogP contribution in [0.2, 0.25) is 0 Å². The van der Waals surface area contributed by atoms with Crippen molar-refractivity contribution in [1.82, 2.24) is 10.3 Å². The van der Waals surface area contributed by atoms with Crippen LogP contribution in [0.1, 0.15) is 11.1 Å². The molecule has 0 atom stereocenters. The highest BCUT2D eigenvalue weighted by atomic mass is 19.4. The maximum absolute atomic E-state index is 12.6. The van der Waals surface area contributed by atoms with Gasteiger partial charge in [0.1, 0.15) is 11.5 Å². The quantitative estimate of drug-likeness (QED) is 0.930. The zero-order valence-electron chi connectivity index (χ0n) is 10.7. The molecule has 6 heteroatoms. The van der Waals surface area contributed by atoms with E-state index in [1.54, 1.807) is 19.3 Å². The summed E-state index contributed by atoms with van der Waals surface area (Å²) in [5.74, 6) is 0.561. The van der Waals surface area contributed by atoms with Gasteiger partial charge in [-0.1, -0.05) is 6.07 Å². The van der Waals surface area contributed by atoms with E-state index in [0.717, 1.165) is 17.7 Å². The molecule has 0 saturated carbocycles. The van der Waals surface area contributed by atoms with Crippen molar-refractivity contribution in [3.05, 3.63) is 53.9 Å². The fourth-order valence-electron chi connectivity index (χ4n) is 1.70. The van der Waals surface area contributed by atoms with E-state index in [4.69, 9.17) is 4.74 Å². The summed E-state index contributed by atoms with van der Waals surface area (Å²) in [6, 6.07) is 6.51. The molecule has 3 nitrogen and oxygen atoms in total. The number of rotatable bonds is 4. The van der Waals surface area contributed by atoms with Gasteiger partial charge in [-0.25, -0.2) is 0 Å². The lowest BCUT2D eigenvalue weighted by Crippen LogP contribution is -2.07. The molecule has 1 aromatic heterocycles. The number of benzene rings is 1. The first kappa shape index (κ1) is 14.3. The minimum absolute atomic E-state index is 0.130. The van der Waals surface area contributed by atoms with Crippen LogP contribution in [0, 0.1) is 0 Å². The molecule has 0 bridgehead atoms. The molecule has 1 N–H and O–H groups in total. The van der Waals surface area contributed by atoms with Gasteiger partial charge in [-0.3, -0.25) is 4.98 Å². The largest absolute Gasteiger partial charge is 0.455 e. The van der Waals surface area contributed by atoms with Gasteiger partial charge in [-0.2, -0.15) is 13.2 Å². The number of pyridine rings is 1. The van der Waals surface area contributed by atoms with Gasteiger partial charge in [0.05, 0.1) is 11.8 Å². The highest BCUT2D eigenvalue weighted by molar-refractivity contribution is 5.37. The van der Waals surface area contributed by atoms with Gasteiger partial charge in [-0.15, -0.1) is 0 Å². The summed E-state index contributed by atoms with van der Waals surface area (Å²) in [5.41, 5.74) is 0.0777. The molecule has 106 valence electrons. The lowest BCUT2D eigenvalue weighted by Gasteiger charge is -2.12. The fraction of sp³-hybridized carbons (Fsp3) is 0.214. The summed E-state index contributed by atoms with van der Waals surface area (Å²) in [7, 11) is 1.77. The molecule has 2 rings (SSSR count). The minimum atomic E-state index is -4.39. The van der Waals surface area contributed by atoms with Gasteiger partial charge in [0.15, 0.2) is 0 Å². The van der Waals surface area contributed by atoms with E-state index in [9.17, 15) is 13.2 Å². The zero-order chi connectivity index (χ0) is 14.6. The first-order chi connectivity index (χ1) is 9.50. The molecule has 2 aromatic rings. The number of aromatic nitrogens is 1. The van der Waals surface area contributed by atoms with Gasteiger partial charge < -0.3 is 10.1 Å². The number of halogens is 3. The number of hydrogen-bond acceptors (Lipinski definition) is 3. The third-order valence-corrected chi connectivity index (χ3v) is 2.63. The average Bonchev–Trinajstić information content (AvgIpc) is 2.41. The Labute approximate surface area is 114 Å². The molecule has 0 aliphatic rings. The average molecular weight is 282 g/mol. The number of hydrogen-bond donors (Lipinski definition) is 1. The van der Waals surface area contributed by atoms with Crippen molar-refractivity contribution in [2.75, 3.05) is 7.05 Å².